The van der Waals surface area contributed by atoms with Crippen LogP contribution in [0.4, 0.5) is 5.13 Å². The van der Waals surface area contributed by atoms with Crippen molar-refractivity contribution < 1.29 is 4.42 Å². The van der Waals surface area contributed by atoms with Crippen molar-refractivity contribution in [2.24, 2.45) is 0 Å². The number of nitrogens with zero attached hydrogens (tertiary/aromatic N) is 1. The molecule has 1 aromatic carbocycles. The molecule has 2 N–H and O–H groups in total. The van der Waals surface area contributed by atoms with Gasteiger partial charge in [-0.3, -0.25) is 0 Å². The van der Waals surface area contributed by atoms with E-state index >= 15 is 0 Å². The summed E-state index contributed by atoms with van der Waals surface area (Å²) in [4.78, 5) is 4.17. The Bertz CT molecular complexity index is 681. The lowest BCUT2D eigenvalue weighted by Gasteiger charge is -1.92. The minimum Gasteiger partial charge on any atom is -0.464 e. The molecular formula is C13H10N2OS. The molecule has 0 aliphatic heterocycles. The van der Waals surface area contributed by atoms with E-state index in [1.165, 1.54) is 11.3 Å². The number of thiazole rings is 1. The smallest absolute Gasteiger partial charge is 0.180 e. The van der Waals surface area contributed by atoms with Crippen LogP contribution >= 0.6 is 11.3 Å². The summed E-state index contributed by atoms with van der Waals surface area (Å²) in [6, 6.07) is 8.00. The molecule has 17 heavy (non-hydrogen) atoms. The predicted octanol–water partition coefficient (Wildman–Crippen LogP) is 3.64. The molecule has 2 aromatic heterocycles. The zero-order valence-electron chi connectivity index (χ0n) is 8.96. The standard InChI is InChI=1S/C13H10N2OS/c14-13-15-11(8-17-13)3-1-9-2-4-12-10(7-9)5-6-16-12/h1-8H,(H2,14,15). The number of anilines is 1. The van der Waals surface area contributed by atoms with Crippen LogP contribution in [0.5, 0.6) is 0 Å². The zero-order chi connectivity index (χ0) is 11.7. The van der Waals surface area contributed by atoms with E-state index in [1.54, 1.807) is 6.26 Å². The van der Waals surface area contributed by atoms with Crippen molar-refractivity contribution in [3.63, 3.8) is 0 Å². The zero-order valence-corrected chi connectivity index (χ0v) is 9.78. The van der Waals surface area contributed by atoms with E-state index in [0.29, 0.717) is 5.13 Å². The van der Waals surface area contributed by atoms with Gasteiger partial charge in [-0.1, -0.05) is 12.1 Å². The number of aromatic nitrogens is 1. The van der Waals surface area contributed by atoms with E-state index in [4.69, 9.17) is 10.2 Å². The van der Waals surface area contributed by atoms with Crippen molar-refractivity contribution in [1.82, 2.24) is 4.98 Å². The van der Waals surface area contributed by atoms with Crippen molar-refractivity contribution in [2.45, 2.75) is 0 Å². The molecule has 4 heteroatoms. The Morgan fingerprint density at radius 1 is 1.24 bits per heavy atom. The lowest BCUT2D eigenvalue weighted by Crippen LogP contribution is -1.81. The Morgan fingerprint density at radius 3 is 3.00 bits per heavy atom. The van der Waals surface area contributed by atoms with E-state index in [9.17, 15) is 0 Å². The topological polar surface area (TPSA) is 52.0 Å². The minimum absolute atomic E-state index is 0.593. The third-order valence-electron chi connectivity index (χ3n) is 2.46. The maximum Gasteiger partial charge on any atom is 0.180 e. The minimum atomic E-state index is 0.593. The fourth-order valence-electron chi connectivity index (χ4n) is 1.65. The van der Waals surface area contributed by atoms with E-state index in [2.05, 4.69) is 11.1 Å². The molecule has 2 heterocycles. The maximum atomic E-state index is 5.57. The lowest BCUT2D eigenvalue weighted by molar-refractivity contribution is 0.616. The first-order valence-electron chi connectivity index (χ1n) is 5.17. The molecule has 0 unspecified atom stereocenters. The number of hydrogen-bond acceptors (Lipinski definition) is 4. The highest BCUT2D eigenvalue weighted by Crippen LogP contribution is 2.19. The van der Waals surface area contributed by atoms with E-state index in [1.807, 2.05) is 35.7 Å². The highest BCUT2D eigenvalue weighted by Gasteiger charge is 1.97. The van der Waals surface area contributed by atoms with Gasteiger partial charge in [-0.2, -0.15) is 0 Å². The molecule has 0 amide bonds. The number of nitrogen functional groups attached to an aromatic ring is 1. The van der Waals surface area contributed by atoms with E-state index in [0.717, 1.165) is 22.2 Å². The van der Waals surface area contributed by atoms with Gasteiger partial charge in [0, 0.05) is 10.8 Å². The molecule has 3 aromatic rings. The summed E-state index contributed by atoms with van der Waals surface area (Å²) in [7, 11) is 0. The van der Waals surface area contributed by atoms with Gasteiger partial charge in [-0.15, -0.1) is 11.3 Å². The number of hydrogen-bond donors (Lipinski definition) is 1. The van der Waals surface area contributed by atoms with Crippen LogP contribution in [0, 0.1) is 0 Å². The van der Waals surface area contributed by atoms with Gasteiger partial charge in [0.05, 0.1) is 12.0 Å². The van der Waals surface area contributed by atoms with E-state index < -0.39 is 0 Å². The summed E-state index contributed by atoms with van der Waals surface area (Å²) in [5.41, 5.74) is 8.48. The van der Waals surface area contributed by atoms with Crippen molar-refractivity contribution in [1.29, 1.82) is 0 Å². The Morgan fingerprint density at radius 2 is 2.18 bits per heavy atom. The average Bonchev–Trinajstić information content (AvgIpc) is 2.94. The number of rotatable bonds is 2. The van der Waals surface area contributed by atoms with Crippen LogP contribution in [0.2, 0.25) is 0 Å². The fraction of sp³-hybridized carbons (Fsp3) is 0. The number of nitrogens with two attached hydrogens (primary N) is 1. The van der Waals surface area contributed by atoms with Crippen LogP contribution in [-0.2, 0) is 0 Å². The molecule has 0 aliphatic rings. The van der Waals surface area contributed by atoms with E-state index in [-0.39, 0.29) is 0 Å². The maximum absolute atomic E-state index is 5.57. The average molecular weight is 242 g/mol. The van der Waals surface area contributed by atoms with Crippen LogP contribution in [0.25, 0.3) is 23.1 Å². The molecule has 0 bridgehead atoms. The van der Waals surface area contributed by atoms with Gasteiger partial charge in [-0.05, 0) is 29.8 Å². The number of benzene rings is 1. The fourth-order valence-corrected chi connectivity index (χ4v) is 2.18. The quantitative estimate of drug-likeness (QED) is 0.746. The van der Waals surface area contributed by atoms with Gasteiger partial charge in [0.2, 0.25) is 0 Å². The van der Waals surface area contributed by atoms with Crippen LogP contribution in [0.3, 0.4) is 0 Å². The third kappa shape index (κ3) is 2.07. The van der Waals surface area contributed by atoms with Crippen molar-refractivity contribution in [3.05, 3.63) is 47.2 Å². The van der Waals surface area contributed by atoms with Gasteiger partial charge in [-0.25, -0.2) is 4.98 Å². The lowest BCUT2D eigenvalue weighted by atomic mass is 10.1. The van der Waals surface area contributed by atoms with Gasteiger partial charge in [0.25, 0.3) is 0 Å². The van der Waals surface area contributed by atoms with Gasteiger partial charge in [0.15, 0.2) is 5.13 Å². The molecule has 0 saturated carbocycles. The summed E-state index contributed by atoms with van der Waals surface area (Å²) >= 11 is 1.44. The summed E-state index contributed by atoms with van der Waals surface area (Å²) in [6.45, 7) is 0. The molecule has 0 radical (unpaired) electrons. The first kappa shape index (κ1) is 10.1. The SMILES string of the molecule is Nc1nc(C=Cc2ccc3occc3c2)cs1. The molecule has 3 nitrogen and oxygen atoms in total. The molecule has 0 saturated heterocycles. The van der Waals surface area contributed by atoms with Crippen molar-refractivity contribution in [2.75, 3.05) is 5.73 Å². The molecular weight excluding hydrogens is 232 g/mol. The van der Waals surface area contributed by atoms with Crippen molar-refractivity contribution in [3.8, 4) is 0 Å². The van der Waals surface area contributed by atoms with Crippen LogP contribution in [-0.4, -0.2) is 4.98 Å². The van der Waals surface area contributed by atoms with Gasteiger partial charge < -0.3 is 10.2 Å². The third-order valence-corrected chi connectivity index (χ3v) is 3.15. The van der Waals surface area contributed by atoms with Gasteiger partial charge >= 0.3 is 0 Å². The molecule has 0 spiro atoms. The first-order valence-corrected chi connectivity index (χ1v) is 6.05. The van der Waals surface area contributed by atoms with Crippen LogP contribution in [0.15, 0.2) is 40.3 Å². The summed E-state index contributed by atoms with van der Waals surface area (Å²) in [6.07, 6.45) is 5.66. The van der Waals surface area contributed by atoms with Crippen molar-refractivity contribution >= 4 is 39.6 Å². The normalized spacial score (nSPS) is 11.5. The number of fused-ring (bicyclic) bond motifs is 1. The Balaban J connectivity index is 1.91. The van der Waals surface area contributed by atoms with Crippen LogP contribution < -0.4 is 5.73 Å². The Kier molecular flexibility index (Phi) is 2.42. The van der Waals surface area contributed by atoms with Crippen LogP contribution in [0.1, 0.15) is 11.3 Å². The summed E-state index contributed by atoms with van der Waals surface area (Å²) in [5.74, 6) is 0. The highest BCUT2D eigenvalue weighted by atomic mass is 32.1. The molecule has 0 aliphatic carbocycles. The monoisotopic (exact) mass is 242 g/mol. The molecule has 84 valence electrons. The Hall–Kier alpha value is -2.07. The second kappa shape index (κ2) is 4.07. The Labute approximate surface area is 102 Å². The summed E-state index contributed by atoms with van der Waals surface area (Å²) in [5, 5.41) is 3.63. The molecule has 0 fully saturated rings. The highest BCUT2D eigenvalue weighted by molar-refractivity contribution is 7.13. The largest absolute Gasteiger partial charge is 0.464 e. The van der Waals surface area contributed by atoms with Gasteiger partial charge in [0.1, 0.15) is 5.58 Å². The predicted molar refractivity (Wildman–Crippen MR) is 71.7 cm³/mol. The molecule has 0 atom stereocenters. The molecule has 3 rings (SSSR count). The second-order valence-electron chi connectivity index (χ2n) is 3.66. The first-order chi connectivity index (χ1) is 8.31. The summed E-state index contributed by atoms with van der Waals surface area (Å²) < 4.78 is 5.29. The number of furan rings is 1. The second-order valence-corrected chi connectivity index (χ2v) is 4.55.